The number of sulfonamides is 1. The standard InChI is InChI=1S/C9H14N2O2S2.ClH/c1-10-8-4-5-11(7-8)15(12,13)9-3-2-6-14-9;/h2-3,6,8,10H,4-5,7H2,1H3;1H. The lowest BCUT2D eigenvalue weighted by molar-refractivity contribution is 0.466. The van der Waals surface area contributed by atoms with E-state index >= 15 is 0 Å². The second kappa shape index (κ2) is 5.46. The van der Waals surface area contributed by atoms with E-state index in [2.05, 4.69) is 5.32 Å². The monoisotopic (exact) mass is 282 g/mol. The predicted molar refractivity (Wildman–Crippen MR) is 67.8 cm³/mol. The number of halogens is 1. The summed E-state index contributed by atoms with van der Waals surface area (Å²) in [5, 5.41) is 4.90. The minimum absolute atomic E-state index is 0. The highest BCUT2D eigenvalue weighted by molar-refractivity contribution is 7.91. The van der Waals surface area contributed by atoms with Crippen LogP contribution in [0.25, 0.3) is 0 Å². The van der Waals surface area contributed by atoms with Gasteiger partial charge in [-0.25, -0.2) is 8.42 Å². The molecule has 7 heteroatoms. The van der Waals surface area contributed by atoms with Crippen LogP contribution >= 0.6 is 23.7 Å². The highest BCUT2D eigenvalue weighted by atomic mass is 35.5. The van der Waals surface area contributed by atoms with Crippen LogP contribution < -0.4 is 5.32 Å². The van der Waals surface area contributed by atoms with Gasteiger partial charge in [-0.1, -0.05) is 6.07 Å². The second-order valence-electron chi connectivity index (χ2n) is 3.57. The maximum atomic E-state index is 12.1. The molecule has 4 nitrogen and oxygen atoms in total. The summed E-state index contributed by atoms with van der Waals surface area (Å²) < 4.78 is 26.1. The molecular formula is C9H15ClN2O2S2. The van der Waals surface area contributed by atoms with Gasteiger partial charge in [0.15, 0.2) is 0 Å². The van der Waals surface area contributed by atoms with E-state index in [4.69, 9.17) is 0 Å². The molecule has 0 bridgehead atoms. The van der Waals surface area contributed by atoms with E-state index in [9.17, 15) is 8.42 Å². The Morgan fingerprint density at radius 1 is 1.56 bits per heavy atom. The van der Waals surface area contributed by atoms with Gasteiger partial charge in [-0.2, -0.15) is 4.31 Å². The summed E-state index contributed by atoms with van der Waals surface area (Å²) in [7, 11) is -1.36. The Morgan fingerprint density at radius 3 is 2.81 bits per heavy atom. The molecule has 1 aliphatic rings. The first kappa shape index (κ1) is 13.9. The van der Waals surface area contributed by atoms with Crippen molar-refractivity contribution in [3.63, 3.8) is 0 Å². The predicted octanol–water partition coefficient (Wildman–Crippen LogP) is 1.15. The molecule has 1 aliphatic heterocycles. The van der Waals surface area contributed by atoms with Crippen molar-refractivity contribution in [2.75, 3.05) is 20.1 Å². The van der Waals surface area contributed by atoms with Gasteiger partial charge in [0.1, 0.15) is 4.21 Å². The van der Waals surface area contributed by atoms with E-state index in [1.807, 2.05) is 7.05 Å². The van der Waals surface area contributed by atoms with E-state index in [-0.39, 0.29) is 12.4 Å². The van der Waals surface area contributed by atoms with Gasteiger partial charge in [-0.15, -0.1) is 23.7 Å². The number of thiophene rings is 1. The van der Waals surface area contributed by atoms with E-state index in [1.165, 1.54) is 11.3 Å². The third-order valence-electron chi connectivity index (χ3n) is 2.65. The van der Waals surface area contributed by atoms with Crippen molar-refractivity contribution >= 4 is 33.8 Å². The van der Waals surface area contributed by atoms with Gasteiger partial charge in [0.05, 0.1) is 0 Å². The van der Waals surface area contributed by atoms with Crippen LogP contribution in [-0.2, 0) is 10.0 Å². The van der Waals surface area contributed by atoms with Crippen molar-refractivity contribution < 1.29 is 8.42 Å². The first-order valence-corrected chi connectivity index (χ1v) is 7.17. The Labute approximate surface area is 106 Å². The summed E-state index contributed by atoms with van der Waals surface area (Å²) in [6.45, 7) is 1.20. The molecule has 1 unspecified atom stereocenters. The minimum Gasteiger partial charge on any atom is -0.316 e. The average Bonchev–Trinajstić information content (AvgIpc) is 2.89. The molecule has 2 rings (SSSR count). The molecule has 1 atom stereocenters. The Morgan fingerprint density at radius 2 is 2.31 bits per heavy atom. The van der Waals surface area contributed by atoms with E-state index in [0.29, 0.717) is 23.3 Å². The van der Waals surface area contributed by atoms with E-state index in [0.717, 1.165) is 6.42 Å². The summed E-state index contributed by atoms with van der Waals surface area (Å²) in [6, 6.07) is 3.72. The molecule has 1 N–H and O–H groups in total. The van der Waals surface area contributed by atoms with Gasteiger partial charge in [-0.05, 0) is 24.9 Å². The van der Waals surface area contributed by atoms with Crippen LogP contribution in [0.15, 0.2) is 21.7 Å². The molecule has 1 fully saturated rings. The number of hydrogen-bond donors (Lipinski definition) is 1. The maximum Gasteiger partial charge on any atom is 0.252 e. The zero-order valence-electron chi connectivity index (χ0n) is 8.92. The Bertz CT molecular complexity index is 419. The summed E-state index contributed by atoms with van der Waals surface area (Å²) >= 11 is 1.28. The van der Waals surface area contributed by atoms with Gasteiger partial charge in [0.2, 0.25) is 0 Å². The minimum atomic E-state index is -3.23. The van der Waals surface area contributed by atoms with Gasteiger partial charge < -0.3 is 5.32 Å². The highest BCUT2D eigenvalue weighted by Gasteiger charge is 2.32. The zero-order chi connectivity index (χ0) is 10.9. The van der Waals surface area contributed by atoms with Crippen molar-refractivity contribution in [1.82, 2.24) is 9.62 Å². The summed E-state index contributed by atoms with van der Waals surface area (Å²) in [5.74, 6) is 0. The number of rotatable bonds is 3. The molecule has 0 amide bonds. The molecule has 2 heterocycles. The molecule has 0 saturated carbocycles. The van der Waals surface area contributed by atoms with Crippen LogP contribution in [0.1, 0.15) is 6.42 Å². The van der Waals surface area contributed by atoms with Gasteiger partial charge in [0, 0.05) is 19.1 Å². The fraction of sp³-hybridized carbons (Fsp3) is 0.556. The topological polar surface area (TPSA) is 49.4 Å². The SMILES string of the molecule is CNC1CCN(S(=O)(=O)c2cccs2)C1.Cl. The lowest BCUT2D eigenvalue weighted by Gasteiger charge is -2.14. The fourth-order valence-corrected chi connectivity index (χ4v) is 4.36. The number of hydrogen-bond acceptors (Lipinski definition) is 4. The first-order valence-electron chi connectivity index (χ1n) is 4.85. The van der Waals surface area contributed by atoms with Crippen molar-refractivity contribution in [2.45, 2.75) is 16.7 Å². The molecule has 1 saturated heterocycles. The molecule has 1 aromatic heterocycles. The average molecular weight is 283 g/mol. The number of nitrogens with zero attached hydrogens (tertiary/aromatic N) is 1. The molecule has 16 heavy (non-hydrogen) atoms. The quantitative estimate of drug-likeness (QED) is 0.905. The van der Waals surface area contributed by atoms with Gasteiger partial charge >= 0.3 is 0 Å². The van der Waals surface area contributed by atoms with E-state index in [1.54, 1.807) is 21.8 Å². The zero-order valence-corrected chi connectivity index (χ0v) is 11.4. The molecule has 0 radical (unpaired) electrons. The summed E-state index contributed by atoms with van der Waals surface area (Å²) in [4.78, 5) is 0. The van der Waals surface area contributed by atoms with Crippen LogP contribution in [0.4, 0.5) is 0 Å². The van der Waals surface area contributed by atoms with Gasteiger partial charge in [-0.3, -0.25) is 0 Å². The van der Waals surface area contributed by atoms with Crippen molar-refractivity contribution in [3.8, 4) is 0 Å². The normalized spacial score (nSPS) is 21.9. The summed E-state index contributed by atoms with van der Waals surface area (Å²) in [6.07, 6.45) is 0.890. The molecule has 1 aromatic rings. The van der Waals surface area contributed by atoms with Crippen molar-refractivity contribution in [3.05, 3.63) is 17.5 Å². The first-order chi connectivity index (χ1) is 7.14. The van der Waals surface area contributed by atoms with Crippen LogP contribution in [0, 0.1) is 0 Å². The maximum absolute atomic E-state index is 12.1. The number of nitrogens with one attached hydrogen (secondary N) is 1. The van der Waals surface area contributed by atoms with Crippen LogP contribution in [0.2, 0.25) is 0 Å². The van der Waals surface area contributed by atoms with Gasteiger partial charge in [0.25, 0.3) is 10.0 Å². The second-order valence-corrected chi connectivity index (χ2v) is 6.68. The molecule has 0 aromatic carbocycles. The van der Waals surface area contributed by atoms with Crippen molar-refractivity contribution in [2.24, 2.45) is 0 Å². The summed E-state index contributed by atoms with van der Waals surface area (Å²) in [5.41, 5.74) is 0. The molecule has 92 valence electrons. The Balaban J connectivity index is 0.00000128. The highest BCUT2D eigenvalue weighted by Crippen LogP contribution is 2.24. The molecule has 0 aliphatic carbocycles. The third-order valence-corrected chi connectivity index (χ3v) is 5.89. The molecular weight excluding hydrogens is 268 g/mol. The lowest BCUT2D eigenvalue weighted by Crippen LogP contribution is -2.33. The Hall–Kier alpha value is -0.140. The molecule has 0 spiro atoms. The fourth-order valence-electron chi connectivity index (χ4n) is 1.72. The van der Waals surface area contributed by atoms with Crippen molar-refractivity contribution in [1.29, 1.82) is 0 Å². The smallest absolute Gasteiger partial charge is 0.252 e. The van der Waals surface area contributed by atoms with Crippen LogP contribution in [-0.4, -0.2) is 38.9 Å². The lowest BCUT2D eigenvalue weighted by atomic mass is 10.3. The Kier molecular flexibility index (Phi) is 4.75. The van der Waals surface area contributed by atoms with Crippen LogP contribution in [0.3, 0.4) is 0 Å². The number of likely N-dealkylation sites (N-methyl/N-ethyl adjacent to an activating group) is 1. The largest absolute Gasteiger partial charge is 0.316 e. The third kappa shape index (κ3) is 2.57. The van der Waals surface area contributed by atoms with Crippen LogP contribution in [0.5, 0.6) is 0 Å². The van der Waals surface area contributed by atoms with E-state index < -0.39 is 10.0 Å².